The highest BCUT2D eigenvalue weighted by atomic mass is 16.2. The van der Waals surface area contributed by atoms with Crippen molar-refractivity contribution in [1.29, 1.82) is 0 Å². The van der Waals surface area contributed by atoms with Gasteiger partial charge < -0.3 is 5.32 Å². The van der Waals surface area contributed by atoms with E-state index in [2.05, 4.69) is 19.2 Å². The topological polar surface area (TPSA) is 37.9 Å². The van der Waals surface area contributed by atoms with Gasteiger partial charge in [-0.3, -0.25) is 4.79 Å². The summed E-state index contributed by atoms with van der Waals surface area (Å²) in [5, 5.41) is 2.91. The molecule has 0 spiro atoms. The van der Waals surface area contributed by atoms with Crippen LogP contribution in [0.3, 0.4) is 0 Å². The maximum atomic E-state index is 11.9. The molecule has 1 rings (SSSR count). The van der Waals surface area contributed by atoms with Gasteiger partial charge in [0.05, 0.1) is 13.6 Å². The normalized spacial score (nSPS) is 10.4. The average molecular weight is 224 g/mol. The Morgan fingerprint density at radius 1 is 1.44 bits per heavy atom. The molecule has 0 atom stereocenters. The van der Waals surface area contributed by atoms with Gasteiger partial charge >= 0.3 is 11.7 Å². The number of nitrogens with one attached hydrogen (secondary N) is 1. The summed E-state index contributed by atoms with van der Waals surface area (Å²) in [6.45, 7) is 5.85. The van der Waals surface area contributed by atoms with Gasteiger partial charge in [-0.05, 0) is 12.8 Å². The second-order valence-electron chi connectivity index (χ2n) is 4.04. The summed E-state index contributed by atoms with van der Waals surface area (Å²) in [6, 6.07) is 0. The molecule has 0 radical (unpaired) electrons. The number of amides is 1. The summed E-state index contributed by atoms with van der Waals surface area (Å²) < 4.78 is 3.90. The fourth-order valence-corrected chi connectivity index (χ4v) is 1.64. The Hall–Kier alpha value is -1.32. The lowest BCUT2D eigenvalue weighted by Crippen LogP contribution is -2.40. The summed E-state index contributed by atoms with van der Waals surface area (Å²) in [5.74, 6) is 0.757. The lowest BCUT2D eigenvalue weighted by atomic mass is 10.3. The Kier molecular flexibility index (Phi) is 5.02. The van der Waals surface area contributed by atoms with Crippen molar-refractivity contribution in [1.82, 2.24) is 9.88 Å². The Labute approximate surface area is 97.3 Å². The number of hydrogen-bond acceptors (Lipinski definition) is 1. The van der Waals surface area contributed by atoms with E-state index < -0.39 is 0 Å². The standard InChI is InChI=1S/C12H21N3O/c1-4-6-8-15-10-9-14(3)12(15)11(16)13-7-5-2/h9-10H,4-8H2,1-3H3/p+1. The molecule has 1 aromatic heterocycles. The molecule has 1 amide bonds. The van der Waals surface area contributed by atoms with Gasteiger partial charge in [-0.25, -0.2) is 9.13 Å². The first-order valence-electron chi connectivity index (χ1n) is 6.03. The minimum Gasteiger partial charge on any atom is -0.346 e. The zero-order chi connectivity index (χ0) is 12.0. The molecular weight excluding hydrogens is 202 g/mol. The maximum Gasteiger partial charge on any atom is 0.347 e. The lowest BCUT2D eigenvalue weighted by Gasteiger charge is -2.03. The van der Waals surface area contributed by atoms with Crippen LogP contribution >= 0.6 is 0 Å². The van der Waals surface area contributed by atoms with Crippen molar-refractivity contribution in [2.24, 2.45) is 7.05 Å². The third-order valence-electron chi connectivity index (χ3n) is 2.57. The van der Waals surface area contributed by atoms with Gasteiger partial charge in [0, 0.05) is 6.54 Å². The third kappa shape index (κ3) is 3.08. The van der Waals surface area contributed by atoms with E-state index in [0.29, 0.717) is 0 Å². The summed E-state index contributed by atoms with van der Waals surface area (Å²) in [7, 11) is 1.91. The molecule has 0 saturated heterocycles. The quantitative estimate of drug-likeness (QED) is 0.726. The van der Waals surface area contributed by atoms with Crippen LogP contribution in [-0.4, -0.2) is 17.0 Å². The Bertz CT molecular complexity index is 344. The van der Waals surface area contributed by atoms with Gasteiger partial charge in [-0.1, -0.05) is 20.3 Å². The number of aromatic nitrogens is 2. The molecule has 1 N–H and O–H groups in total. The first-order valence-corrected chi connectivity index (χ1v) is 6.03. The molecular formula is C12H22N3O+. The monoisotopic (exact) mass is 224 g/mol. The number of rotatable bonds is 6. The van der Waals surface area contributed by atoms with E-state index in [1.165, 1.54) is 0 Å². The van der Waals surface area contributed by atoms with Crippen LogP contribution < -0.4 is 9.88 Å². The molecule has 1 heterocycles. The van der Waals surface area contributed by atoms with E-state index >= 15 is 0 Å². The summed E-state index contributed by atoms with van der Waals surface area (Å²) in [5.41, 5.74) is 0. The first kappa shape index (κ1) is 12.7. The van der Waals surface area contributed by atoms with Crippen LogP contribution in [0.4, 0.5) is 0 Å². The fraction of sp³-hybridized carbons (Fsp3) is 0.667. The molecule has 90 valence electrons. The van der Waals surface area contributed by atoms with Gasteiger partial charge in [-0.2, -0.15) is 0 Å². The number of imidazole rings is 1. The second kappa shape index (κ2) is 6.30. The van der Waals surface area contributed by atoms with Crippen LogP contribution in [0.5, 0.6) is 0 Å². The Morgan fingerprint density at radius 3 is 2.81 bits per heavy atom. The van der Waals surface area contributed by atoms with E-state index in [0.717, 1.165) is 38.2 Å². The van der Waals surface area contributed by atoms with Crippen molar-refractivity contribution in [3.63, 3.8) is 0 Å². The molecule has 1 aromatic rings. The molecule has 0 unspecified atom stereocenters. The predicted molar refractivity (Wildman–Crippen MR) is 63.1 cm³/mol. The van der Waals surface area contributed by atoms with E-state index in [4.69, 9.17) is 0 Å². The zero-order valence-corrected chi connectivity index (χ0v) is 10.5. The minimum atomic E-state index is 0.0189. The van der Waals surface area contributed by atoms with Crippen LogP contribution in [0.25, 0.3) is 0 Å². The largest absolute Gasteiger partial charge is 0.347 e. The highest BCUT2D eigenvalue weighted by molar-refractivity contribution is 5.89. The summed E-state index contributed by atoms with van der Waals surface area (Å²) in [6.07, 6.45) is 7.10. The zero-order valence-electron chi connectivity index (χ0n) is 10.5. The van der Waals surface area contributed by atoms with Crippen molar-refractivity contribution >= 4 is 5.91 Å². The number of aryl methyl sites for hydroxylation is 2. The average Bonchev–Trinajstić information content (AvgIpc) is 2.64. The van der Waals surface area contributed by atoms with Gasteiger partial charge in [0.15, 0.2) is 0 Å². The number of unbranched alkanes of at least 4 members (excludes halogenated alkanes) is 1. The van der Waals surface area contributed by atoms with Crippen LogP contribution in [0.2, 0.25) is 0 Å². The molecule has 0 aromatic carbocycles. The van der Waals surface area contributed by atoms with E-state index in [1.807, 2.05) is 28.6 Å². The van der Waals surface area contributed by atoms with Gasteiger partial charge in [0.25, 0.3) is 0 Å². The molecule has 0 aliphatic rings. The van der Waals surface area contributed by atoms with Gasteiger partial charge in [0.1, 0.15) is 12.4 Å². The number of carbonyl (C=O) groups is 1. The minimum absolute atomic E-state index is 0.0189. The fourth-order valence-electron chi connectivity index (χ4n) is 1.64. The molecule has 0 aliphatic heterocycles. The molecule has 0 aliphatic carbocycles. The Balaban J connectivity index is 2.75. The summed E-state index contributed by atoms with van der Waals surface area (Å²) in [4.78, 5) is 11.9. The Morgan fingerprint density at radius 2 is 2.19 bits per heavy atom. The van der Waals surface area contributed by atoms with Gasteiger partial charge in [0.2, 0.25) is 0 Å². The van der Waals surface area contributed by atoms with Crippen molar-refractivity contribution in [3.05, 3.63) is 18.2 Å². The molecule has 4 nitrogen and oxygen atoms in total. The predicted octanol–water partition coefficient (Wildman–Crippen LogP) is 1.25. The van der Waals surface area contributed by atoms with Crippen molar-refractivity contribution in [2.45, 2.75) is 39.7 Å². The van der Waals surface area contributed by atoms with E-state index in [1.54, 1.807) is 0 Å². The number of nitrogens with zero attached hydrogens (tertiary/aromatic N) is 2. The van der Waals surface area contributed by atoms with Crippen LogP contribution in [0.1, 0.15) is 43.7 Å². The SMILES string of the molecule is CCCCn1cc[n+](C)c1C(=O)NCCC. The van der Waals surface area contributed by atoms with Crippen molar-refractivity contribution in [3.8, 4) is 0 Å². The summed E-state index contributed by atoms with van der Waals surface area (Å²) >= 11 is 0. The second-order valence-corrected chi connectivity index (χ2v) is 4.04. The number of hydrogen-bond donors (Lipinski definition) is 1. The smallest absolute Gasteiger partial charge is 0.346 e. The van der Waals surface area contributed by atoms with E-state index in [-0.39, 0.29) is 5.91 Å². The first-order chi connectivity index (χ1) is 7.70. The van der Waals surface area contributed by atoms with Crippen LogP contribution in [-0.2, 0) is 13.6 Å². The third-order valence-corrected chi connectivity index (χ3v) is 2.57. The highest BCUT2D eigenvalue weighted by Crippen LogP contribution is 1.99. The molecule has 4 heteroatoms. The highest BCUT2D eigenvalue weighted by Gasteiger charge is 2.22. The van der Waals surface area contributed by atoms with Crippen molar-refractivity contribution < 1.29 is 9.36 Å². The molecule has 16 heavy (non-hydrogen) atoms. The maximum absolute atomic E-state index is 11.9. The lowest BCUT2D eigenvalue weighted by molar-refractivity contribution is -0.673. The van der Waals surface area contributed by atoms with E-state index in [9.17, 15) is 4.79 Å². The van der Waals surface area contributed by atoms with Crippen LogP contribution in [0.15, 0.2) is 12.4 Å². The molecule has 0 fully saturated rings. The molecule has 0 bridgehead atoms. The van der Waals surface area contributed by atoms with Crippen molar-refractivity contribution in [2.75, 3.05) is 6.54 Å². The molecule has 0 saturated carbocycles. The van der Waals surface area contributed by atoms with Gasteiger partial charge in [-0.15, -0.1) is 0 Å². The number of carbonyl (C=O) groups excluding carboxylic acids is 1. The van der Waals surface area contributed by atoms with Crippen LogP contribution in [0, 0.1) is 0 Å².